The molecule has 39 heteroatoms. The molecule has 0 atom stereocenters. The molecule has 0 saturated heterocycles. The number of nitrogens with two attached hydrogens (primary N) is 5. The molecule has 0 unspecified atom stereocenters. The number of aromatic nitrogens is 18. The van der Waals surface area contributed by atoms with Gasteiger partial charge in [0.2, 0.25) is 33.3 Å². The Morgan fingerprint density at radius 3 is 1.20 bits per heavy atom. The molecule has 111 heavy (non-hydrogen) atoms. The second-order valence-electron chi connectivity index (χ2n) is 24.0. The summed E-state index contributed by atoms with van der Waals surface area (Å²) in [6.45, 7) is 7.29. The van der Waals surface area contributed by atoms with Gasteiger partial charge in [-0.15, -0.1) is 0 Å². The van der Waals surface area contributed by atoms with Crippen molar-refractivity contribution in [2.75, 3.05) is 80.8 Å². The standard InChI is InChI=1S/C19H20N6O3S.C18H19BN6O2.C17H16N6O.C12H8BrN5O.C6H6BrN3O2/c1-2-29(26,27)25-10-8-13(9-11-25)15-12-21-17(20)16(22-15)18-23-19(28-24-18)14-6-4-3-5-7-14;1-19(26)25-9-7-12(8-10-25)14-11-21-16(20)15(22-14)17-23-18(27-24-17)13-5-3-2-4-6-13;18-15-14(21-13(10-20-15)11-6-8-19-9-7-11)16-22-17(24-23-16)12-4-2-1-3-5-12;13-8-6-15-10(14)9(16-8)11-17-12(19-18-11)7-4-2-1-3-5-7;1-12-6(11)4-5(8)9-2-3(7)10-4/h3-8,12H,2,9-11H2,1H3,(H2,20,21);2-7,11,26H,8-10H2,1H3,(H2,20,21);1-6,10,19H,7-9H2,(H2,18,20);1-6H,(H2,14,15);2H,1H3,(H2,8,9). The van der Waals surface area contributed by atoms with Crippen molar-refractivity contribution in [3.8, 4) is 91.9 Å². The highest BCUT2D eigenvalue weighted by atomic mass is 79.9. The molecular formula is C72H69BBr2N26O9S. The van der Waals surface area contributed by atoms with Crippen LogP contribution in [-0.4, -0.2) is 178 Å². The molecule has 12 N–H and O–H groups in total. The predicted octanol–water partition coefficient (Wildman–Crippen LogP) is 9.49. The van der Waals surface area contributed by atoms with Crippen molar-refractivity contribution in [1.82, 2.24) is 105 Å². The number of nitrogen functional groups attached to an aromatic ring is 5. The largest absolute Gasteiger partial charge is 0.464 e. The van der Waals surface area contributed by atoms with Crippen molar-refractivity contribution in [2.45, 2.75) is 33.0 Å². The molecule has 0 radical (unpaired) electrons. The number of benzene rings is 4. The van der Waals surface area contributed by atoms with Crippen LogP contribution in [0.1, 0.15) is 53.8 Å². The van der Waals surface area contributed by atoms with E-state index in [1.54, 1.807) is 32.3 Å². The van der Waals surface area contributed by atoms with Gasteiger partial charge < -0.3 is 66.6 Å². The topological polar surface area (TPSA) is 514 Å². The lowest BCUT2D eigenvalue weighted by Gasteiger charge is -2.26. The number of nitrogens with zero attached hydrogens (tertiary/aromatic N) is 20. The number of ether oxygens (including phenoxy) is 1. The number of rotatable bonds is 15. The van der Waals surface area contributed by atoms with Crippen molar-refractivity contribution >= 4 is 101 Å². The minimum absolute atomic E-state index is 0.0203. The van der Waals surface area contributed by atoms with E-state index in [2.05, 4.69) is 138 Å². The Kier molecular flexibility index (Phi) is 25.6. The van der Waals surface area contributed by atoms with Gasteiger partial charge in [-0.25, -0.2) is 63.1 Å². The summed E-state index contributed by atoms with van der Waals surface area (Å²) < 4.78 is 52.2. The first-order valence-corrected chi connectivity index (χ1v) is 37.3. The summed E-state index contributed by atoms with van der Waals surface area (Å²) in [5.74, 6) is 3.36. The first-order chi connectivity index (χ1) is 53.8. The molecule has 0 amide bonds. The van der Waals surface area contributed by atoms with E-state index < -0.39 is 23.0 Å². The number of nitrogens with one attached hydrogen (secondary N) is 1. The molecule has 12 heterocycles. The molecule has 564 valence electrons. The minimum Gasteiger partial charge on any atom is -0.464 e. The molecule has 0 bridgehead atoms. The van der Waals surface area contributed by atoms with Gasteiger partial charge in [0, 0.05) is 48.4 Å². The zero-order valence-corrected chi connectivity index (χ0v) is 63.5. The summed E-state index contributed by atoms with van der Waals surface area (Å²) in [5.41, 5.74) is 39.2. The first kappa shape index (κ1) is 77.9. The SMILES string of the molecule is CB(O)N1CC=C(c2cnc(N)c(-c3noc(-c4ccccc4)n3)n2)CC1.CCS(=O)(=O)N1CC=C(c2cnc(N)c(-c3noc(-c4ccccc4)n3)n2)CC1.COC(=O)c1nc(Br)cnc1N.Nc1ncc(Br)nc1-c1noc(-c2ccccc2)n1.Nc1ncc(C2=CCNCC2)nc1-c1noc(-c2ccccc2)n1. The fourth-order valence-electron chi connectivity index (χ4n) is 10.8. The van der Waals surface area contributed by atoms with Crippen LogP contribution < -0.4 is 34.0 Å². The van der Waals surface area contributed by atoms with Gasteiger partial charge >= 0.3 is 13.0 Å². The summed E-state index contributed by atoms with van der Waals surface area (Å²) >= 11 is 6.29. The van der Waals surface area contributed by atoms with Crippen LogP contribution in [0, 0.1) is 0 Å². The van der Waals surface area contributed by atoms with Crippen LogP contribution in [0.2, 0.25) is 6.82 Å². The van der Waals surface area contributed by atoms with Gasteiger partial charge in [0.1, 0.15) is 9.21 Å². The van der Waals surface area contributed by atoms with E-state index in [4.69, 9.17) is 46.8 Å². The van der Waals surface area contributed by atoms with Crippen LogP contribution in [-0.2, 0) is 14.8 Å². The normalized spacial score (nSPS) is 13.5. The van der Waals surface area contributed by atoms with Crippen molar-refractivity contribution in [1.29, 1.82) is 0 Å². The van der Waals surface area contributed by atoms with Crippen LogP contribution >= 0.6 is 31.9 Å². The zero-order valence-electron chi connectivity index (χ0n) is 59.5. The van der Waals surface area contributed by atoms with E-state index in [9.17, 15) is 18.2 Å². The number of esters is 1. The van der Waals surface area contributed by atoms with Crippen LogP contribution in [0.15, 0.2) is 198 Å². The fourth-order valence-corrected chi connectivity index (χ4v) is 12.4. The quantitative estimate of drug-likeness (QED) is 0.0371. The highest BCUT2D eigenvalue weighted by molar-refractivity contribution is 9.10. The number of carbonyl (C=O) groups excluding carboxylic acids is 1. The summed E-state index contributed by atoms with van der Waals surface area (Å²) in [7, 11) is -2.42. The highest BCUT2D eigenvalue weighted by Crippen LogP contribution is 2.32. The number of hydrogen-bond acceptors (Lipinski definition) is 34. The summed E-state index contributed by atoms with van der Waals surface area (Å²) in [6.07, 6.45) is 16.1. The van der Waals surface area contributed by atoms with E-state index in [0.717, 1.165) is 82.8 Å². The second kappa shape index (κ2) is 36.5. The van der Waals surface area contributed by atoms with Gasteiger partial charge in [-0.1, -0.05) is 112 Å². The van der Waals surface area contributed by atoms with Crippen LogP contribution in [0.4, 0.5) is 29.1 Å². The van der Waals surface area contributed by atoms with Crippen molar-refractivity contribution in [3.63, 3.8) is 0 Å². The molecule has 4 aromatic carbocycles. The van der Waals surface area contributed by atoms with E-state index >= 15 is 0 Å². The number of anilines is 5. The van der Waals surface area contributed by atoms with E-state index in [1.165, 1.54) is 23.8 Å². The van der Waals surface area contributed by atoms with E-state index in [-0.39, 0.29) is 46.4 Å². The van der Waals surface area contributed by atoms with E-state index in [0.29, 0.717) is 105 Å². The Labute approximate surface area is 651 Å². The maximum Gasteiger partial charge on any atom is 0.376 e. The zero-order chi connectivity index (χ0) is 78.0. The Balaban J connectivity index is 0.000000132. The summed E-state index contributed by atoms with van der Waals surface area (Å²) in [5, 5.41) is 28.8. The molecule has 0 saturated carbocycles. The number of carbonyl (C=O) groups is 1. The van der Waals surface area contributed by atoms with Gasteiger partial charge in [0.15, 0.2) is 57.6 Å². The van der Waals surface area contributed by atoms with Crippen LogP contribution in [0.3, 0.4) is 0 Å². The second-order valence-corrected chi connectivity index (χ2v) is 27.9. The van der Waals surface area contributed by atoms with Crippen molar-refractivity contribution < 1.29 is 41.1 Å². The Morgan fingerprint density at radius 2 is 0.856 bits per heavy atom. The maximum absolute atomic E-state index is 12.0. The summed E-state index contributed by atoms with van der Waals surface area (Å²) in [6, 6.07) is 37.9. The molecular weight excluding hydrogens is 1580 g/mol. The Morgan fingerprint density at radius 1 is 0.495 bits per heavy atom. The van der Waals surface area contributed by atoms with Gasteiger partial charge in [0.25, 0.3) is 23.6 Å². The molecule has 13 aromatic rings. The number of sulfonamides is 1. The smallest absolute Gasteiger partial charge is 0.376 e. The third-order valence-electron chi connectivity index (χ3n) is 16.7. The lowest BCUT2D eigenvalue weighted by atomic mass is 9.83. The molecule has 0 spiro atoms. The number of methoxy groups -OCH3 is 1. The lowest BCUT2D eigenvalue weighted by Crippen LogP contribution is -2.39. The third kappa shape index (κ3) is 19.8. The Bertz CT molecular complexity index is 5590. The maximum atomic E-state index is 12.0. The molecule has 16 rings (SSSR count). The molecule has 3 aliphatic rings. The van der Waals surface area contributed by atoms with Gasteiger partial charge in [-0.05, 0) is 143 Å². The number of halogens is 2. The van der Waals surface area contributed by atoms with Crippen LogP contribution in [0.25, 0.3) is 109 Å². The monoisotopic (exact) mass is 1640 g/mol. The van der Waals surface area contributed by atoms with E-state index in [1.807, 2.05) is 138 Å². The van der Waals surface area contributed by atoms with Gasteiger partial charge in [0.05, 0.1) is 60.9 Å². The highest BCUT2D eigenvalue weighted by Gasteiger charge is 2.27. The molecule has 35 nitrogen and oxygen atoms in total. The van der Waals surface area contributed by atoms with Crippen molar-refractivity contribution in [2.24, 2.45) is 0 Å². The minimum atomic E-state index is -3.21. The average molecular weight is 1650 g/mol. The van der Waals surface area contributed by atoms with Crippen molar-refractivity contribution in [3.05, 3.63) is 203 Å². The number of hydrogen-bond donors (Lipinski definition) is 7. The predicted molar refractivity (Wildman–Crippen MR) is 421 cm³/mol. The first-order valence-electron chi connectivity index (χ1n) is 34.1. The lowest BCUT2D eigenvalue weighted by molar-refractivity contribution is 0.0594. The molecule has 3 aliphatic heterocycles. The van der Waals surface area contributed by atoms with Gasteiger partial charge in [-0.3, -0.25) is 0 Å². The fraction of sp³-hybridized carbons (Fsp3) is 0.181. The van der Waals surface area contributed by atoms with Crippen LogP contribution in [0.5, 0.6) is 0 Å². The average Bonchev–Trinajstić information content (AvgIpc) is 1.78. The summed E-state index contributed by atoms with van der Waals surface area (Å²) in [4.78, 5) is 72.6. The Hall–Kier alpha value is -12.7. The molecule has 9 aromatic heterocycles. The van der Waals surface area contributed by atoms with Gasteiger partial charge in [-0.2, -0.15) is 24.2 Å². The third-order valence-corrected chi connectivity index (χ3v) is 19.3. The molecule has 0 fully saturated rings. The molecule has 0 aliphatic carbocycles.